The average molecular weight is 226 g/mol. The zero-order valence-corrected chi connectivity index (χ0v) is 8.92. The molecule has 1 aromatic carbocycles. The Hall–Kier alpha value is -1.22. The van der Waals surface area contributed by atoms with E-state index < -0.39 is 12.0 Å². The van der Waals surface area contributed by atoms with E-state index in [-0.39, 0.29) is 0 Å². The Bertz CT molecular complexity index is 392. The monoisotopic (exact) mass is 225 g/mol. The van der Waals surface area contributed by atoms with E-state index in [0.29, 0.717) is 11.4 Å². The Morgan fingerprint density at radius 2 is 2.33 bits per heavy atom. The fraction of sp³-hybridized carbons (Fsp3) is 0.364. The van der Waals surface area contributed by atoms with Gasteiger partial charge in [0.15, 0.2) is 0 Å². The second-order valence-corrected chi connectivity index (χ2v) is 4.17. The number of fused-ring (bicyclic) bond motifs is 1. The fourth-order valence-electron chi connectivity index (χ4n) is 1.85. The van der Waals surface area contributed by atoms with Gasteiger partial charge in [-0.05, 0) is 43.0 Å². The Morgan fingerprint density at radius 3 is 3.07 bits per heavy atom. The Balaban J connectivity index is 2.29. The number of hydrogen-bond acceptors (Lipinski definition) is 2. The van der Waals surface area contributed by atoms with Crippen molar-refractivity contribution >= 4 is 23.3 Å². The quantitative estimate of drug-likeness (QED) is 0.772. The van der Waals surface area contributed by atoms with E-state index in [4.69, 9.17) is 16.7 Å². The van der Waals surface area contributed by atoms with Crippen LogP contribution in [0.25, 0.3) is 0 Å². The van der Waals surface area contributed by atoms with Crippen LogP contribution in [-0.4, -0.2) is 17.1 Å². The summed E-state index contributed by atoms with van der Waals surface area (Å²) < 4.78 is 0. The predicted octanol–water partition coefficient (Wildman–Crippen LogP) is 2.54. The van der Waals surface area contributed by atoms with Gasteiger partial charge in [0.1, 0.15) is 6.04 Å². The maximum absolute atomic E-state index is 10.9. The van der Waals surface area contributed by atoms with Gasteiger partial charge in [-0.1, -0.05) is 11.6 Å². The Labute approximate surface area is 93.1 Å². The number of benzene rings is 1. The predicted molar refractivity (Wildman–Crippen MR) is 59.4 cm³/mol. The molecule has 0 bridgehead atoms. The number of carbonyl (C=O) groups is 1. The second-order valence-electron chi connectivity index (χ2n) is 3.73. The summed E-state index contributed by atoms with van der Waals surface area (Å²) >= 11 is 5.88. The molecule has 1 unspecified atom stereocenters. The van der Waals surface area contributed by atoms with Crippen LogP contribution in [0.15, 0.2) is 18.2 Å². The Kier molecular flexibility index (Phi) is 2.82. The molecule has 1 aliphatic heterocycles. The number of hydrogen-bond donors (Lipinski definition) is 2. The van der Waals surface area contributed by atoms with Crippen LogP contribution in [0.1, 0.15) is 18.4 Å². The molecule has 0 aromatic heterocycles. The van der Waals surface area contributed by atoms with Crippen molar-refractivity contribution in [3.63, 3.8) is 0 Å². The molecule has 0 aliphatic carbocycles. The third kappa shape index (κ3) is 2.23. The van der Waals surface area contributed by atoms with Gasteiger partial charge < -0.3 is 10.4 Å². The molecule has 80 valence electrons. The van der Waals surface area contributed by atoms with E-state index in [1.54, 1.807) is 6.07 Å². The first kappa shape index (κ1) is 10.3. The summed E-state index contributed by atoms with van der Waals surface area (Å²) in [5.74, 6) is -0.794. The maximum Gasteiger partial charge on any atom is 0.326 e. The first-order valence-corrected chi connectivity index (χ1v) is 5.32. The standard InChI is InChI=1S/C11H12ClNO2/c12-8-4-5-9-7(6-8)2-1-3-10(13-9)11(14)15/h4-6,10,13H,1-3H2,(H,14,15). The normalized spacial score (nSPS) is 19.9. The molecule has 0 amide bonds. The molecule has 0 spiro atoms. The lowest BCUT2D eigenvalue weighted by atomic mass is 10.1. The molecule has 0 radical (unpaired) electrons. The summed E-state index contributed by atoms with van der Waals surface area (Å²) in [6, 6.07) is 5.04. The minimum Gasteiger partial charge on any atom is -0.480 e. The molecule has 2 N–H and O–H groups in total. The highest BCUT2D eigenvalue weighted by Crippen LogP contribution is 2.26. The van der Waals surface area contributed by atoms with Crippen LogP contribution in [0.3, 0.4) is 0 Å². The van der Waals surface area contributed by atoms with E-state index in [9.17, 15) is 4.79 Å². The minimum absolute atomic E-state index is 0.479. The van der Waals surface area contributed by atoms with Crippen LogP contribution in [0.2, 0.25) is 5.02 Å². The third-order valence-corrected chi connectivity index (χ3v) is 2.87. The number of halogens is 1. The zero-order chi connectivity index (χ0) is 10.8. The minimum atomic E-state index is -0.794. The topological polar surface area (TPSA) is 49.3 Å². The molecule has 0 fully saturated rings. The zero-order valence-electron chi connectivity index (χ0n) is 8.16. The van der Waals surface area contributed by atoms with Crippen LogP contribution in [0.4, 0.5) is 5.69 Å². The fourth-order valence-corrected chi connectivity index (χ4v) is 2.05. The van der Waals surface area contributed by atoms with Crippen molar-refractivity contribution in [3.05, 3.63) is 28.8 Å². The van der Waals surface area contributed by atoms with Crippen LogP contribution in [0, 0.1) is 0 Å². The highest BCUT2D eigenvalue weighted by atomic mass is 35.5. The summed E-state index contributed by atoms with van der Waals surface area (Å²) in [4.78, 5) is 10.9. The van der Waals surface area contributed by atoms with Gasteiger partial charge in [-0.3, -0.25) is 0 Å². The number of aliphatic carboxylic acids is 1. The highest BCUT2D eigenvalue weighted by Gasteiger charge is 2.21. The molecule has 0 saturated carbocycles. The molecular formula is C11H12ClNO2. The molecular weight excluding hydrogens is 214 g/mol. The molecule has 1 heterocycles. The molecule has 3 nitrogen and oxygen atoms in total. The highest BCUT2D eigenvalue weighted by molar-refractivity contribution is 6.30. The number of nitrogens with one attached hydrogen (secondary N) is 1. The van der Waals surface area contributed by atoms with Crippen LogP contribution in [0.5, 0.6) is 0 Å². The summed E-state index contributed by atoms with van der Waals surface area (Å²) in [5.41, 5.74) is 2.00. The van der Waals surface area contributed by atoms with E-state index in [2.05, 4.69) is 5.32 Å². The van der Waals surface area contributed by atoms with E-state index in [1.165, 1.54) is 0 Å². The number of aryl methyl sites for hydroxylation is 1. The molecule has 2 rings (SSSR count). The van der Waals surface area contributed by atoms with Crippen molar-refractivity contribution in [2.24, 2.45) is 0 Å². The van der Waals surface area contributed by atoms with Crippen molar-refractivity contribution in [1.29, 1.82) is 0 Å². The Morgan fingerprint density at radius 1 is 1.53 bits per heavy atom. The van der Waals surface area contributed by atoms with Crippen molar-refractivity contribution in [2.45, 2.75) is 25.3 Å². The van der Waals surface area contributed by atoms with Gasteiger partial charge >= 0.3 is 5.97 Å². The van der Waals surface area contributed by atoms with Crippen molar-refractivity contribution in [3.8, 4) is 0 Å². The van der Waals surface area contributed by atoms with Gasteiger partial charge in [-0.25, -0.2) is 4.79 Å². The van der Waals surface area contributed by atoms with Crippen LogP contribution in [-0.2, 0) is 11.2 Å². The van der Waals surface area contributed by atoms with E-state index in [0.717, 1.165) is 24.1 Å². The lowest BCUT2D eigenvalue weighted by Gasteiger charge is -2.13. The lowest BCUT2D eigenvalue weighted by molar-refractivity contribution is -0.138. The van der Waals surface area contributed by atoms with Gasteiger partial charge in [0, 0.05) is 10.7 Å². The number of rotatable bonds is 1. The van der Waals surface area contributed by atoms with Gasteiger partial charge in [-0.2, -0.15) is 0 Å². The summed E-state index contributed by atoms with van der Waals surface area (Å²) in [6.45, 7) is 0. The molecule has 1 aromatic rings. The number of carboxylic acid groups (broad SMARTS) is 1. The largest absolute Gasteiger partial charge is 0.480 e. The number of anilines is 1. The van der Waals surface area contributed by atoms with Gasteiger partial charge in [-0.15, -0.1) is 0 Å². The third-order valence-electron chi connectivity index (χ3n) is 2.63. The molecule has 1 aliphatic rings. The van der Waals surface area contributed by atoms with Crippen molar-refractivity contribution in [2.75, 3.05) is 5.32 Å². The first-order chi connectivity index (χ1) is 7.16. The SMILES string of the molecule is O=C(O)C1CCCc2cc(Cl)ccc2N1. The summed E-state index contributed by atoms with van der Waals surface area (Å²) in [6.07, 6.45) is 2.41. The van der Waals surface area contributed by atoms with E-state index >= 15 is 0 Å². The molecule has 1 atom stereocenters. The number of carboxylic acids is 1. The van der Waals surface area contributed by atoms with E-state index in [1.807, 2.05) is 12.1 Å². The summed E-state index contributed by atoms with van der Waals surface area (Å²) in [5, 5.41) is 12.7. The molecule has 0 saturated heterocycles. The molecule has 15 heavy (non-hydrogen) atoms. The average Bonchev–Trinajstić information content (AvgIpc) is 2.39. The van der Waals surface area contributed by atoms with Gasteiger partial charge in [0.2, 0.25) is 0 Å². The van der Waals surface area contributed by atoms with Crippen molar-refractivity contribution < 1.29 is 9.90 Å². The molecule has 4 heteroatoms. The second kappa shape index (κ2) is 4.11. The van der Waals surface area contributed by atoms with Crippen molar-refractivity contribution in [1.82, 2.24) is 0 Å². The summed E-state index contributed by atoms with van der Waals surface area (Å²) in [7, 11) is 0. The smallest absolute Gasteiger partial charge is 0.326 e. The van der Waals surface area contributed by atoms with Crippen LogP contribution < -0.4 is 5.32 Å². The van der Waals surface area contributed by atoms with Gasteiger partial charge in [0.25, 0.3) is 0 Å². The first-order valence-electron chi connectivity index (χ1n) is 4.94. The van der Waals surface area contributed by atoms with Crippen LogP contribution >= 0.6 is 11.6 Å². The maximum atomic E-state index is 10.9. The van der Waals surface area contributed by atoms with Gasteiger partial charge in [0.05, 0.1) is 0 Å². The lowest BCUT2D eigenvalue weighted by Crippen LogP contribution is -2.28.